The molecular weight excluding hydrogens is 446 g/mol. The normalized spacial score (nSPS) is 11.7. The second-order valence-electron chi connectivity index (χ2n) is 8.28. The number of hydrogen-bond acceptors (Lipinski definition) is 6. The second-order valence-corrected chi connectivity index (χ2v) is 8.28. The van der Waals surface area contributed by atoms with E-state index in [0.717, 1.165) is 11.1 Å². The number of hydrogen-bond donors (Lipinski definition) is 2. The minimum absolute atomic E-state index is 0.184. The Morgan fingerprint density at radius 3 is 2.51 bits per heavy atom. The lowest BCUT2D eigenvalue weighted by Gasteiger charge is -2.19. The van der Waals surface area contributed by atoms with Crippen molar-refractivity contribution >= 4 is 18.0 Å². The van der Waals surface area contributed by atoms with E-state index in [9.17, 15) is 9.59 Å². The van der Waals surface area contributed by atoms with Crippen LogP contribution < -0.4 is 25.0 Å². The lowest BCUT2D eigenvalue weighted by atomic mass is 10.0. The molecule has 0 spiro atoms. The topological polar surface area (TPSA) is 98.2 Å². The first kappa shape index (κ1) is 27.4. The van der Waals surface area contributed by atoms with Gasteiger partial charge in [0, 0.05) is 0 Å². The fraction of sp³-hybridized carbons (Fsp3) is 0.370. The zero-order valence-corrected chi connectivity index (χ0v) is 20.9. The summed E-state index contributed by atoms with van der Waals surface area (Å²) in [4.78, 5) is 25.2. The molecule has 0 saturated carbocycles. The fourth-order valence-corrected chi connectivity index (χ4v) is 3.19. The molecule has 0 radical (unpaired) electrons. The van der Waals surface area contributed by atoms with Crippen LogP contribution in [0.25, 0.3) is 0 Å². The molecule has 0 fully saturated rings. The predicted octanol–water partition coefficient (Wildman–Crippen LogP) is 4.02. The van der Waals surface area contributed by atoms with Crippen LogP contribution in [0.3, 0.4) is 0 Å². The molecule has 0 aliphatic rings. The number of amides is 2. The van der Waals surface area contributed by atoms with Crippen LogP contribution in [-0.4, -0.2) is 43.9 Å². The molecule has 0 saturated heterocycles. The number of para-hydroxylation sites is 1. The number of nitrogens with zero attached hydrogens (tertiary/aromatic N) is 1. The smallest absolute Gasteiger partial charge is 0.262 e. The number of aryl methyl sites for hydroxylation is 1. The second kappa shape index (κ2) is 14.5. The van der Waals surface area contributed by atoms with E-state index in [1.807, 2.05) is 45.9 Å². The summed E-state index contributed by atoms with van der Waals surface area (Å²) in [6.45, 7) is 12.0. The Balaban J connectivity index is 1.98. The summed E-state index contributed by atoms with van der Waals surface area (Å²) in [6, 6.07) is 12.0. The molecule has 0 aromatic heterocycles. The standard InChI is InChI=1S/C27H35N3O5/c1-6-14-34-24-13-12-21(16-25(24)33-7-2)17-28-30-27(32)22(15-19(3)4)29-26(31)18-35-23-11-9-8-10-20(23)5/h6,8-13,16-17,19,22H,1,7,14-15,18H2,2-5H3,(H,29,31)(H,30,32)/b28-17-/t22-/m1/s1. The molecule has 2 aromatic carbocycles. The molecule has 0 aliphatic carbocycles. The van der Waals surface area contributed by atoms with Crippen molar-refractivity contribution in [1.82, 2.24) is 10.7 Å². The number of rotatable bonds is 14. The number of benzene rings is 2. The highest BCUT2D eigenvalue weighted by atomic mass is 16.5. The van der Waals surface area contributed by atoms with Crippen molar-refractivity contribution in [3.05, 3.63) is 66.2 Å². The number of carbonyl (C=O) groups is 2. The van der Waals surface area contributed by atoms with Crippen molar-refractivity contribution in [2.45, 2.75) is 40.2 Å². The molecule has 2 aromatic rings. The summed E-state index contributed by atoms with van der Waals surface area (Å²) in [5.74, 6) is 1.20. The first-order chi connectivity index (χ1) is 16.8. The van der Waals surface area contributed by atoms with Crippen molar-refractivity contribution in [3.8, 4) is 17.2 Å². The molecule has 2 rings (SSSR count). The van der Waals surface area contributed by atoms with Crippen LogP contribution in [0.15, 0.2) is 60.2 Å². The molecule has 8 nitrogen and oxygen atoms in total. The van der Waals surface area contributed by atoms with E-state index in [4.69, 9.17) is 14.2 Å². The minimum Gasteiger partial charge on any atom is -0.490 e. The molecular formula is C27H35N3O5. The summed E-state index contributed by atoms with van der Waals surface area (Å²) in [5, 5.41) is 6.80. The summed E-state index contributed by atoms with van der Waals surface area (Å²) in [7, 11) is 0. The van der Waals surface area contributed by atoms with Crippen LogP contribution in [0.5, 0.6) is 17.2 Å². The first-order valence-electron chi connectivity index (χ1n) is 11.6. The maximum Gasteiger partial charge on any atom is 0.262 e. The fourth-order valence-electron chi connectivity index (χ4n) is 3.19. The van der Waals surface area contributed by atoms with E-state index < -0.39 is 11.9 Å². The SMILES string of the molecule is C=CCOc1ccc(/C=N\NC(=O)[C@@H](CC(C)C)NC(=O)COc2ccccc2C)cc1OCC. The van der Waals surface area contributed by atoms with Crippen molar-refractivity contribution in [2.75, 3.05) is 19.8 Å². The average Bonchev–Trinajstić information content (AvgIpc) is 2.82. The largest absolute Gasteiger partial charge is 0.490 e. The molecule has 0 unspecified atom stereocenters. The van der Waals surface area contributed by atoms with Gasteiger partial charge in [-0.15, -0.1) is 0 Å². The maximum absolute atomic E-state index is 12.7. The van der Waals surface area contributed by atoms with Gasteiger partial charge >= 0.3 is 0 Å². The van der Waals surface area contributed by atoms with Crippen LogP contribution >= 0.6 is 0 Å². The van der Waals surface area contributed by atoms with Crippen LogP contribution in [0, 0.1) is 12.8 Å². The third-order valence-electron chi connectivity index (χ3n) is 4.82. The summed E-state index contributed by atoms with van der Waals surface area (Å²) in [6.07, 6.45) is 3.62. The Hall–Kier alpha value is -3.81. The molecule has 8 heteroatoms. The quantitative estimate of drug-likeness (QED) is 0.241. The summed E-state index contributed by atoms with van der Waals surface area (Å²) < 4.78 is 16.8. The lowest BCUT2D eigenvalue weighted by Crippen LogP contribution is -2.47. The Labute approximate surface area is 207 Å². The Morgan fingerprint density at radius 2 is 1.83 bits per heavy atom. The van der Waals surface area contributed by atoms with Crippen molar-refractivity contribution in [2.24, 2.45) is 11.0 Å². The van der Waals surface area contributed by atoms with Gasteiger partial charge in [0.1, 0.15) is 18.4 Å². The highest BCUT2D eigenvalue weighted by Gasteiger charge is 2.22. The highest BCUT2D eigenvalue weighted by Crippen LogP contribution is 2.28. The third kappa shape index (κ3) is 9.52. The number of ether oxygens (including phenoxy) is 3. The third-order valence-corrected chi connectivity index (χ3v) is 4.82. The van der Waals surface area contributed by atoms with Gasteiger partial charge in [-0.2, -0.15) is 5.10 Å². The van der Waals surface area contributed by atoms with Gasteiger partial charge in [0.2, 0.25) is 0 Å². The van der Waals surface area contributed by atoms with Gasteiger partial charge in [-0.1, -0.05) is 44.7 Å². The molecule has 35 heavy (non-hydrogen) atoms. The van der Waals surface area contributed by atoms with Crippen LogP contribution in [0.1, 0.15) is 38.3 Å². The van der Waals surface area contributed by atoms with Gasteiger partial charge in [0.25, 0.3) is 11.8 Å². The monoisotopic (exact) mass is 481 g/mol. The van der Waals surface area contributed by atoms with Crippen molar-refractivity contribution in [1.29, 1.82) is 0 Å². The molecule has 0 bridgehead atoms. The molecule has 188 valence electrons. The van der Waals surface area contributed by atoms with E-state index in [1.165, 1.54) is 6.21 Å². The van der Waals surface area contributed by atoms with E-state index in [0.29, 0.717) is 36.9 Å². The van der Waals surface area contributed by atoms with Gasteiger partial charge < -0.3 is 19.5 Å². The zero-order valence-electron chi connectivity index (χ0n) is 20.9. The van der Waals surface area contributed by atoms with Gasteiger partial charge in [-0.25, -0.2) is 5.43 Å². The van der Waals surface area contributed by atoms with E-state index in [2.05, 4.69) is 22.4 Å². The number of nitrogens with one attached hydrogen (secondary N) is 2. The van der Waals surface area contributed by atoms with Crippen molar-refractivity contribution < 1.29 is 23.8 Å². The lowest BCUT2D eigenvalue weighted by molar-refractivity contribution is -0.130. The Kier molecular flexibility index (Phi) is 11.3. The Bertz CT molecular complexity index is 1020. The molecule has 0 heterocycles. The minimum atomic E-state index is -0.742. The maximum atomic E-state index is 12.7. The predicted molar refractivity (Wildman–Crippen MR) is 137 cm³/mol. The molecule has 1 atom stereocenters. The van der Waals surface area contributed by atoms with E-state index >= 15 is 0 Å². The van der Waals surface area contributed by atoms with Crippen LogP contribution in [-0.2, 0) is 9.59 Å². The van der Waals surface area contributed by atoms with Crippen LogP contribution in [0.2, 0.25) is 0 Å². The number of carbonyl (C=O) groups excluding carboxylic acids is 2. The summed E-state index contributed by atoms with van der Waals surface area (Å²) in [5.41, 5.74) is 4.16. The van der Waals surface area contributed by atoms with Crippen LogP contribution in [0.4, 0.5) is 0 Å². The van der Waals surface area contributed by atoms with Crippen molar-refractivity contribution in [3.63, 3.8) is 0 Å². The first-order valence-corrected chi connectivity index (χ1v) is 11.6. The zero-order chi connectivity index (χ0) is 25.6. The average molecular weight is 482 g/mol. The summed E-state index contributed by atoms with van der Waals surface area (Å²) >= 11 is 0. The highest BCUT2D eigenvalue weighted by molar-refractivity contribution is 5.89. The van der Waals surface area contributed by atoms with E-state index in [-0.39, 0.29) is 18.4 Å². The van der Waals surface area contributed by atoms with Gasteiger partial charge in [-0.05, 0) is 61.6 Å². The molecule has 2 amide bonds. The molecule has 0 aliphatic heterocycles. The molecule has 2 N–H and O–H groups in total. The number of hydrazone groups is 1. The van der Waals surface area contributed by atoms with Gasteiger partial charge in [-0.3, -0.25) is 9.59 Å². The van der Waals surface area contributed by atoms with Gasteiger partial charge in [0.15, 0.2) is 18.1 Å². The van der Waals surface area contributed by atoms with Gasteiger partial charge in [0.05, 0.1) is 12.8 Å². The van der Waals surface area contributed by atoms with E-state index in [1.54, 1.807) is 30.3 Å². The Morgan fingerprint density at radius 1 is 1.06 bits per heavy atom.